The van der Waals surface area contributed by atoms with Crippen LogP contribution in [0.4, 0.5) is 0 Å². The van der Waals surface area contributed by atoms with Gasteiger partial charge in [0, 0.05) is 46.4 Å². The van der Waals surface area contributed by atoms with Crippen LogP contribution in [0, 0.1) is 6.92 Å². The summed E-state index contributed by atoms with van der Waals surface area (Å²) in [5.41, 5.74) is 10.6. The molecular formula is C37H39N5O2. The number of nitrogens with zero attached hydrogens (tertiary/aromatic N) is 4. The van der Waals surface area contributed by atoms with Crippen LogP contribution in [-0.4, -0.2) is 61.5 Å². The molecule has 3 aliphatic rings. The number of hydrogen-bond donors (Lipinski definition) is 2. The van der Waals surface area contributed by atoms with E-state index < -0.39 is 5.60 Å². The van der Waals surface area contributed by atoms with Crippen molar-refractivity contribution in [1.29, 1.82) is 0 Å². The molecule has 2 aliphatic heterocycles. The summed E-state index contributed by atoms with van der Waals surface area (Å²) >= 11 is 0. The molecule has 0 saturated carbocycles. The molecule has 5 aromatic rings. The molecule has 7 heteroatoms. The Morgan fingerprint density at radius 2 is 1.57 bits per heavy atom. The fourth-order valence-corrected chi connectivity index (χ4v) is 7.57. The first-order chi connectivity index (χ1) is 21.3. The number of pyridine rings is 2. The van der Waals surface area contributed by atoms with Crippen LogP contribution < -0.4 is 0 Å². The largest absolute Gasteiger partial charge is 0.384 e. The van der Waals surface area contributed by atoms with E-state index in [-0.39, 0.29) is 0 Å². The van der Waals surface area contributed by atoms with Crippen LogP contribution in [0.3, 0.4) is 0 Å². The summed E-state index contributed by atoms with van der Waals surface area (Å²) in [7, 11) is 0. The molecular weight excluding hydrogens is 546 g/mol. The summed E-state index contributed by atoms with van der Waals surface area (Å²) in [6.45, 7) is 7.39. The van der Waals surface area contributed by atoms with Gasteiger partial charge in [0.25, 0.3) is 0 Å². The first-order valence-electron chi connectivity index (χ1n) is 15.9. The smallest absolute Gasteiger partial charge is 0.181 e. The van der Waals surface area contributed by atoms with Crippen LogP contribution in [-0.2, 0) is 23.2 Å². The standard InChI is InChI=1S/C37H39N5O2/c1-22-4-15-33(37(2,3)43)39-34(22)24-6-8-25(9-7-24)35-32-17-28(19-38-36(32)41-40-35)27-10-5-23-11-13-29(14-12-26(23)16-27)42-30-18-31(42)21-44-20-30/h4-10,15-17,19,29-31,43H,11-14,18,20-21H2,1-3H3,(H,38,40,41)/t29-,30?,31?/m0/s1. The average Bonchev–Trinajstić information content (AvgIpc) is 3.35. The minimum atomic E-state index is -0.995. The van der Waals surface area contributed by atoms with Gasteiger partial charge in [-0.05, 0) is 87.3 Å². The first-order valence-corrected chi connectivity index (χ1v) is 15.9. The fourth-order valence-electron chi connectivity index (χ4n) is 7.57. The van der Waals surface area contributed by atoms with Gasteiger partial charge < -0.3 is 9.84 Å². The highest BCUT2D eigenvalue weighted by Gasteiger charge is 2.45. The Morgan fingerprint density at radius 1 is 0.841 bits per heavy atom. The predicted molar refractivity (Wildman–Crippen MR) is 173 cm³/mol. The first kappa shape index (κ1) is 27.6. The number of aromatic amines is 1. The Bertz CT molecular complexity index is 1840. The number of aliphatic hydroxyl groups is 1. The maximum Gasteiger partial charge on any atom is 0.181 e. The Kier molecular flexibility index (Phi) is 6.67. The zero-order chi connectivity index (χ0) is 30.0. The van der Waals surface area contributed by atoms with E-state index in [0.29, 0.717) is 29.5 Å². The quantitative estimate of drug-likeness (QED) is 0.226. The van der Waals surface area contributed by atoms with E-state index in [2.05, 4.69) is 63.6 Å². The number of H-pyrrole nitrogens is 1. The molecule has 8 rings (SSSR count). The minimum absolute atomic E-state index is 0.638. The van der Waals surface area contributed by atoms with Gasteiger partial charge in [-0.25, -0.2) is 9.97 Å². The number of rotatable bonds is 5. The zero-order valence-corrected chi connectivity index (χ0v) is 25.7. The SMILES string of the molecule is Cc1ccc(C(C)(C)O)nc1-c1ccc(-c2[nH]nc3ncc(-c4ccc5c(c4)CC[C@@H](N4C6COCC4C6)CC5)cc23)cc1. The summed E-state index contributed by atoms with van der Waals surface area (Å²) in [5.74, 6) is 0. The predicted octanol–water partition coefficient (Wildman–Crippen LogP) is 6.61. The van der Waals surface area contributed by atoms with Crippen molar-refractivity contribution < 1.29 is 9.84 Å². The van der Waals surface area contributed by atoms with Crippen molar-refractivity contribution in [3.63, 3.8) is 0 Å². The normalized spacial score (nSPS) is 22.0. The molecule has 0 amide bonds. The van der Waals surface area contributed by atoms with Crippen molar-refractivity contribution in [3.8, 4) is 33.6 Å². The third-order valence-electron chi connectivity index (χ3n) is 10.0. The molecule has 44 heavy (non-hydrogen) atoms. The molecule has 7 nitrogen and oxygen atoms in total. The molecule has 2 N–H and O–H groups in total. The van der Waals surface area contributed by atoms with Gasteiger partial charge in [0.15, 0.2) is 5.65 Å². The lowest BCUT2D eigenvalue weighted by Gasteiger charge is -2.56. The summed E-state index contributed by atoms with van der Waals surface area (Å²) in [6, 6.07) is 23.5. The number of aromatic nitrogens is 4. The molecule has 2 saturated heterocycles. The van der Waals surface area contributed by atoms with Crippen LogP contribution >= 0.6 is 0 Å². The number of hydrogen-bond acceptors (Lipinski definition) is 6. The van der Waals surface area contributed by atoms with Crippen LogP contribution in [0.1, 0.15) is 55.5 Å². The molecule has 0 spiro atoms. The maximum atomic E-state index is 10.5. The van der Waals surface area contributed by atoms with Crippen molar-refractivity contribution in [3.05, 3.63) is 89.2 Å². The number of morpholine rings is 1. The van der Waals surface area contributed by atoms with Crippen molar-refractivity contribution in [2.75, 3.05) is 13.2 Å². The Morgan fingerprint density at radius 3 is 2.32 bits per heavy atom. The van der Waals surface area contributed by atoms with Crippen molar-refractivity contribution >= 4 is 11.0 Å². The topological polar surface area (TPSA) is 87.2 Å². The van der Waals surface area contributed by atoms with Crippen molar-refractivity contribution in [2.45, 2.75) is 76.6 Å². The second-order valence-corrected chi connectivity index (χ2v) is 13.4. The van der Waals surface area contributed by atoms with Gasteiger partial charge in [0.1, 0.15) is 5.60 Å². The van der Waals surface area contributed by atoms with Crippen LogP contribution in [0.15, 0.2) is 66.9 Å². The van der Waals surface area contributed by atoms with E-state index in [1.165, 1.54) is 36.0 Å². The lowest BCUT2D eigenvalue weighted by atomic mass is 9.87. The monoisotopic (exact) mass is 585 g/mol. The molecule has 0 radical (unpaired) electrons. The van der Waals surface area contributed by atoms with E-state index >= 15 is 0 Å². The molecule has 2 aromatic carbocycles. The number of fused-ring (bicyclic) bond motifs is 4. The van der Waals surface area contributed by atoms with E-state index in [0.717, 1.165) is 65.1 Å². The molecule has 3 aromatic heterocycles. The number of aryl methyl sites for hydroxylation is 3. The van der Waals surface area contributed by atoms with Gasteiger partial charge in [-0.1, -0.05) is 48.5 Å². The van der Waals surface area contributed by atoms with Crippen LogP contribution in [0.25, 0.3) is 44.7 Å². The van der Waals surface area contributed by atoms with Crippen molar-refractivity contribution in [2.24, 2.45) is 0 Å². The summed E-state index contributed by atoms with van der Waals surface area (Å²) < 4.78 is 5.75. The van der Waals surface area contributed by atoms with Gasteiger partial charge >= 0.3 is 0 Å². The van der Waals surface area contributed by atoms with Gasteiger partial charge in [-0.15, -0.1) is 0 Å². The molecule has 5 heterocycles. The third-order valence-corrected chi connectivity index (χ3v) is 10.0. The highest BCUT2D eigenvalue weighted by atomic mass is 16.5. The molecule has 1 aliphatic carbocycles. The highest BCUT2D eigenvalue weighted by Crippen LogP contribution is 2.38. The van der Waals surface area contributed by atoms with Crippen LogP contribution in [0.5, 0.6) is 0 Å². The second-order valence-electron chi connectivity index (χ2n) is 13.4. The molecule has 2 bridgehead atoms. The van der Waals surface area contributed by atoms with Gasteiger partial charge in [-0.2, -0.15) is 5.10 Å². The molecule has 3 atom stereocenters. The highest BCUT2D eigenvalue weighted by molar-refractivity contribution is 5.93. The van der Waals surface area contributed by atoms with E-state index in [9.17, 15) is 5.11 Å². The van der Waals surface area contributed by atoms with Gasteiger partial charge in [0.05, 0.1) is 30.3 Å². The molecule has 224 valence electrons. The Balaban J connectivity index is 1.06. The fraction of sp³-hybridized carbons (Fsp3) is 0.378. The lowest BCUT2D eigenvalue weighted by Crippen LogP contribution is -2.66. The number of benzene rings is 2. The van der Waals surface area contributed by atoms with Gasteiger partial charge in [0.2, 0.25) is 0 Å². The number of ether oxygens (including phenoxy) is 1. The summed E-state index contributed by atoms with van der Waals surface area (Å²) in [6.07, 6.45) is 7.99. The summed E-state index contributed by atoms with van der Waals surface area (Å²) in [4.78, 5) is 12.3. The lowest BCUT2D eigenvalue weighted by molar-refractivity contribution is -0.148. The van der Waals surface area contributed by atoms with E-state index in [1.807, 2.05) is 25.3 Å². The molecule has 2 unspecified atom stereocenters. The zero-order valence-electron chi connectivity index (χ0n) is 25.7. The van der Waals surface area contributed by atoms with Gasteiger partial charge in [-0.3, -0.25) is 10.00 Å². The third kappa shape index (κ3) is 4.84. The Labute approximate surface area is 258 Å². The second kappa shape index (κ2) is 10.6. The van der Waals surface area contributed by atoms with E-state index in [1.54, 1.807) is 13.8 Å². The van der Waals surface area contributed by atoms with E-state index in [4.69, 9.17) is 14.7 Å². The number of nitrogens with one attached hydrogen (secondary N) is 1. The Hall–Kier alpha value is -3.91. The average molecular weight is 586 g/mol. The maximum absolute atomic E-state index is 10.5. The van der Waals surface area contributed by atoms with Crippen LogP contribution in [0.2, 0.25) is 0 Å². The minimum Gasteiger partial charge on any atom is -0.384 e. The molecule has 2 fully saturated rings. The van der Waals surface area contributed by atoms with Crippen molar-refractivity contribution in [1.82, 2.24) is 25.1 Å². The summed E-state index contributed by atoms with van der Waals surface area (Å²) in [5, 5.41) is 19.2.